The SMILES string of the molecule is O=C1[C@@H]2[C@@H](C(=O)N1c1cccc3c(N4C(=O)[C@@H]5[C@H](C4=O)[C@H]4C=C[C@H]5C4)cccc13)[C@H]1C=C[C@@H]2C1. The fraction of sp³-hybridized carbons (Fsp3) is 0.357. The van der Waals surface area contributed by atoms with Gasteiger partial charge in [0, 0.05) is 10.8 Å². The van der Waals surface area contributed by atoms with Gasteiger partial charge in [0.05, 0.1) is 35.0 Å². The number of hydrogen-bond acceptors (Lipinski definition) is 4. The van der Waals surface area contributed by atoms with Crippen molar-refractivity contribution in [2.75, 3.05) is 9.80 Å². The Labute approximate surface area is 195 Å². The summed E-state index contributed by atoms with van der Waals surface area (Å²) in [6.45, 7) is 0. The average Bonchev–Trinajstić information content (AvgIpc) is 3.67. The van der Waals surface area contributed by atoms with E-state index >= 15 is 0 Å². The lowest BCUT2D eigenvalue weighted by atomic mass is 9.85. The molecule has 8 rings (SSSR count). The van der Waals surface area contributed by atoms with Crippen molar-refractivity contribution in [2.45, 2.75) is 12.8 Å². The van der Waals surface area contributed by atoms with Crippen LogP contribution in [0.25, 0.3) is 10.8 Å². The lowest BCUT2D eigenvalue weighted by Gasteiger charge is -2.22. The molecule has 168 valence electrons. The topological polar surface area (TPSA) is 74.8 Å². The average molecular weight is 450 g/mol. The van der Waals surface area contributed by atoms with Gasteiger partial charge >= 0.3 is 0 Å². The zero-order valence-corrected chi connectivity index (χ0v) is 18.3. The van der Waals surface area contributed by atoms with Gasteiger partial charge in [-0.1, -0.05) is 48.6 Å². The van der Waals surface area contributed by atoms with Crippen molar-refractivity contribution in [2.24, 2.45) is 47.3 Å². The van der Waals surface area contributed by atoms with Gasteiger partial charge in [-0.15, -0.1) is 0 Å². The molecule has 2 aliphatic heterocycles. The molecule has 4 aliphatic carbocycles. The standard InChI is InChI=1S/C28H22N2O4/c31-25-21-13-7-8-14(11-13)22(21)26(32)29(25)19-5-1-3-17-18(19)4-2-6-20(17)30-27(33)23-15-9-10-16(12-15)24(23)28(30)34/h1-10,13-16,21-24H,11-12H2/t13-,14-,15-,16+,21-,22+,23-,24-/m0/s1. The molecule has 2 saturated carbocycles. The summed E-state index contributed by atoms with van der Waals surface area (Å²) in [5, 5.41) is 1.42. The Morgan fingerprint density at radius 1 is 0.500 bits per heavy atom. The van der Waals surface area contributed by atoms with E-state index in [2.05, 4.69) is 24.3 Å². The minimum absolute atomic E-state index is 0.129. The van der Waals surface area contributed by atoms with E-state index in [1.54, 1.807) is 24.3 Å². The summed E-state index contributed by atoms with van der Waals surface area (Å²) in [5.41, 5.74) is 1.09. The number of fused-ring (bicyclic) bond motifs is 11. The van der Waals surface area contributed by atoms with Gasteiger partial charge < -0.3 is 0 Å². The molecule has 8 atom stereocenters. The molecule has 0 unspecified atom stereocenters. The van der Waals surface area contributed by atoms with Gasteiger partial charge in [0.15, 0.2) is 0 Å². The summed E-state index contributed by atoms with van der Waals surface area (Å²) in [7, 11) is 0. The van der Waals surface area contributed by atoms with Crippen molar-refractivity contribution < 1.29 is 19.2 Å². The van der Waals surface area contributed by atoms with E-state index in [1.807, 2.05) is 12.1 Å². The summed E-state index contributed by atoms with van der Waals surface area (Å²) >= 11 is 0. The van der Waals surface area contributed by atoms with Crippen LogP contribution in [0.5, 0.6) is 0 Å². The largest absolute Gasteiger partial charge is 0.274 e. The highest BCUT2D eigenvalue weighted by Gasteiger charge is 2.61. The van der Waals surface area contributed by atoms with Gasteiger partial charge in [-0.05, 0) is 48.6 Å². The van der Waals surface area contributed by atoms with Gasteiger partial charge in [-0.25, -0.2) is 9.80 Å². The van der Waals surface area contributed by atoms with Crippen molar-refractivity contribution in [3.05, 3.63) is 60.7 Å². The molecular formula is C28H22N2O4. The monoisotopic (exact) mass is 450 g/mol. The van der Waals surface area contributed by atoms with E-state index in [-0.39, 0.29) is 71.0 Å². The van der Waals surface area contributed by atoms with Gasteiger partial charge in [0.25, 0.3) is 0 Å². The number of benzene rings is 2. The molecule has 0 spiro atoms. The molecule has 2 saturated heterocycles. The maximum absolute atomic E-state index is 13.4. The van der Waals surface area contributed by atoms with Gasteiger partial charge in [-0.3, -0.25) is 19.2 Å². The Morgan fingerprint density at radius 2 is 0.824 bits per heavy atom. The van der Waals surface area contributed by atoms with E-state index in [1.165, 1.54) is 9.80 Å². The van der Waals surface area contributed by atoms with Crippen LogP contribution in [-0.4, -0.2) is 23.6 Å². The molecule has 6 nitrogen and oxygen atoms in total. The van der Waals surface area contributed by atoms with E-state index in [0.717, 1.165) is 12.8 Å². The Morgan fingerprint density at radius 3 is 1.15 bits per heavy atom. The van der Waals surface area contributed by atoms with E-state index < -0.39 is 0 Å². The van der Waals surface area contributed by atoms with Crippen LogP contribution in [0.2, 0.25) is 0 Å². The molecule has 2 heterocycles. The zero-order chi connectivity index (χ0) is 22.9. The van der Waals surface area contributed by atoms with E-state index in [9.17, 15) is 19.2 Å². The van der Waals surface area contributed by atoms with Crippen molar-refractivity contribution in [3.8, 4) is 0 Å². The number of hydrogen-bond donors (Lipinski definition) is 0. The lowest BCUT2D eigenvalue weighted by Crippen LogP contribution is -2.34. The number of imide groups is 2. The van der Waals surface area contributed by atoms with Crippen LogP contribution >= 0.6 is 0 Å². The smallest absolute Gasteiger partial charge is 0.238 e. The summed E-state index contributed by atoms with van der Waals surface area (Å²) in [6.07, 6.45) is 10.1. The molecule has 0 radical (unpaired) electrons. The first-order chi connectivity index (χ1) is 16.5. The molecule has 6 aliphatic rings. The van der Waals surface area contributed by atoms with Crippen LogP contribution in [0.15, 0.2) is 60.7 Å². The maximum atomic E-state index is 13.4. The molecule has 2 aromatic carbocycles. The van der Waals surface area contributed by atoms with Crippen LogP contribution in [0.4, 0.5) is 11.4 Å². The number of amides is 4. The van der Waals surface area contributed by atoms with Crippen LogP contribution in [-0.2, 0) is 19.2 Å². The van der Waals surface area contributed by atoms with Crippen LogP contribution < -0.4 is 9.80 Å². The van der Waals surface area contributed by atoms with E-state index in [4.69, 9.17) is 0 Å². The highest BCUT2D eigenvalue weighted by Crippen LogP contribution is 2.55. The van der Waals surface area contributed by atoms with Gasteiger partial charge in [0.1, 0.15) is 0 Å². The summed E-state index contributed by atoms with van der Waals surface area (Å²) in [6, 6.07) is 10.9. The first-order valence-electron chi connectivity index (χ1n) is 12.2. The maximum Gasteiger partial charge on any atom is 0.238 e. The minimum Gasteiger partial charge on any atom is -0.274 e. The molecule has 2 aromatic rings. The van der Waals surface area contributed by atoms with Crippen LogP contribution in [0.3, 0.4) is 0 Å². The third-order valence-electron chi connectivity index (χ3n) is 9.30. The summed E-state index contributed by atoms with van der Waals surface area (Å²) in [5.74, 6) is -1.04. The molecule has 6 heteroatoms. The lowest BCUT2D eigenvalue weighted by molar-refractivity contribution is -0.124. The van der Waals surface area contributed by atoms with Gasteiger partial charge in [-0.2, -0.15) is 0 Å². The van der Waals surface area contributed by atoms with Crippen molar-refractivity contribution in [3.63, 3.8) is 0 Å². The highest BCUT2D eigenvalue weighted by atomic mass is 16.2. The fourth-order valence-corrected chi connectivity index (χ4v) is 7.95. The molecular weight excluding hydrogens is 428 g/mol. The fourth-order valence-electron chi connectivity index (χ4n) is 7.95. The molecule has 34 heavy (non-hydrogen) atoms. The number of anilines is 2. The second-order valence-corrected chi connectivity index (χ2v) is 10.7. The molecule has 4 amide bonds. The van der Waals surface area contributed by atoms with Crippen molar-refractivity contribution in [1.29, 1.82) is 0 Å². The highest BCUT2D eigenvalue weighted by molar-refractivity contribution is 6.29. The normalized spacial score (nSPS) is 38.8. The number of carbonyl (C=O) groups is 4. The van der Waals surface area contributed by atoms with Crippen LogP contribution in [0, 0.1) is 47.3 Å². The Balaban J connectivity index is 1.24. The van der Waals surface area contributed by atoms with E-state index in [0.29, 0.717) is 22.1 Å². The molecule has 4 bridgehead atoms. The van der Waals surface area contributed by atoms with Crippen LogP contribution in [0.1, 0.15) is 12.8 Å². The minimum atomic E-state index is -0.273. The quantitative estimate of drug-likeness (QED) is 0.519. The first kappa shape index (κ1) is 18.8. The second-order valence-electron chi connectivity index (χ2n) is 10.7. The van der Waals surface area contributed by atoms with Gasteiger partial charge in [0.2, 0.25) is 23.6 Å². The Bertz CT molecular complexity index is 1260. The second kappa shape index (κ2) is 6.12. The number of allylic oxidation sites excluding steroid dienone is 4. The number of carbonyl (C=O) groups excluding carboxylic acids is 4. The van der Waals surface area contributed by atoms with Crippen molar-refractivity contribution in [1.82, 2.24) is 0 Å². The predicted octanol–water partition coefficient (Wildman–Crippen LogP) is 3.46. The summed E-state index contributed by atoms with van der Waals surface area (Å²) in [4.78, 5) is 56.5. The molecule has 0 aromatic heterocycles. The van der Waals surface area contributed by atoms with Crippen molar-refractivity contribution >= 4 is 45.8 Å². The molecule has 0 N–H and O–H groups in total. The number of rotatable bonds is 2. The third kappa shape index (κ3) is 2.04. The summed E-state index contributed by atoms with van der Waals surface area (Å²) < 4.78 is 0. The number of nitrogens with zero attached hydrogens (tertiary/aromatic N) is 2. The molecule has 4 fully saturated rings. The first-order valence-corrected chi connectivity index (χ1v) is 12.2. The predicted molar refractivity (Wildman–Crippen MR) is 124 cm³/mol. The Kier molecular flexibility index (Phi) is 3.39. The zero-order valence-electron chi connectivity index (χ0n) is 18.3. The third-order valence-corrected chi connectivity index (χ3v) is 9.30. The Hall–Kier alpha value is -3.54.